The van der Waals surface area contributed by atoms with Crippen LogP contribution in [-0.4, -0.2) is 30.7 Å². The highest BCUT2D eigenvalue weighted by molar-refractivity contribution is 5.81. The maximum absolute atomic E-state index is 11.6. The SMILES string of the molecule is CC1(C)CCC(CC2COCCC2=O)O1. The molecule has 2 aliphatic rings. The fourth-order valence-electron chi connectivity index (χ4n) is 2.46. The fourth-order valence-corrected chi connectivity index (χ4v) is 2.46. The van der Waals surface area contributed by atoms with Crippen molar-refractivity contribution in [2.24, 2.45) is 5.92 Å². The number of hydrogen-bond acceptors (Lipinski definition) is 3. The Morgan fingerprint density at radius 1 is 1.47 bits per heavy atom. The quantitative estimate of drug-likeness (QED) is 0.701. The molecule has 2 aliphatic heterocycles. The molecular weight excluding hydrogens is 192 g/mol. The topological polar surface area (TPSA) is 35.5 Å². The van der Waals surface area contributed by atoms with Crippen LogP contribution in [0.5, 0.6) is 0 Å². The molecule has 0 aliphatic carbocycles. The van der Waals surface area contributed by atoms with Gasteiger partial charge in [0, 0.05) is 12.3 Å². The molecule has 0 radical (unpaired) electrons. The summed E-state index contributed by atoms with van der Waals surface area (Å²) < 4.78 is 11.2. The molecular formula is C12H20O3. The summed E-state index contributed by atoms with van der Waals surface area (Å²) in [5.74, 6) is 0.437. The van der Waals surface area contributed by atoms with E-state index in [-0.39, 0.29) is 17.6 Å². The van der Waals surface area contributed by atoms with E-state index in [9.17, 15) is 4.79 Å². The largest absolute Gasteiger partial charge is 0.380 e. The Bertz CT molecular complexity index is 247. The minimum absolute atomic E-state index is 0.00321. The third-order valence-corrected chi connectivity index (χ3v) is 3.37. The molecule has 0 spiro atoms. The highest BCUT2D eigenvalue weighted by Crippen LogP contribution is 2.33. The summed E-state index contributed by atoms with van der Waals surface area (Å²) in [4.78, 5) is 11.6. The van der Waals surface area contributed by atoms with Gasteiger partial charge in [-0.1, -0.05) is 0 Å². The summed E-state index contributed by atoms with van der Waals surface area (Å²) in [6.07, 6.45) is 3.87. The number of hydrogen-bond donors (Lipinski definition) is 0. The molecule has 2 atom stereocenters. The van der Waals surface area contributed by atoms with Gasteiger partial charge in [-0.05, 0) is 33.1 Å². The standard InChI is InChI=1S/C12H20O3/c1-12(2)5-3-10(15-12)7-9-8-14-6-4-11(9)13/h9-10H,3-8H2,1-2H3. The summed E-state index contributed by atoms with van der Waals surface area (Å²) in [6.45, 7) is 5.43. The molecule has 0 aromatic heterocycles. The summed E-state index contributed by atoms with van der Waals surface area (Å²) in [7, 11) is 0. The zero-order chi connectivity index (χ0) is 10.9. The van der Waals surface area contributed by atoms with Crippen molar-refractivity contribution in [1.82, 2.24) is 0 Å². The molecule has 0 saturated carbocycles. The molecule has 0 aromatic rings. The molecule has 86 valence electrons. The highest BCUT2D eigenvalue weighted by Gasteiger charge is 2.35. The monoisotopic (exact) mass is 212 g/mol. The molecule has 0 aromatic carbocycles. The maximum Gasteiger partial charge on any atom is 0.140 e. The molecule has 2 unspecified atom stereocenters. The Hall–Kier alpha value is -0.410. The Labute approximate surface area is 91.1 Å². The zero-order valence-corrected chi connectivity index (χ0v) is 9.62. The van der Waals surface area contributed by atoms with Gasteiger partial charge in [0.15, 0.2) is 0 Å². The number of carbonyl (C=O) groups excluding carboxylic acids is 1. The van der Waals surface area contributed by atoms with Gasteiger partial charge in [-0.2, -0.15) is 0 Å². The van der Waals surface area contributed by atoms with E-state index in [4.69, 9.17) is 9.47 Å². The second-order valence-electron chi connectivity index (χ2n) is 5.26. The summed E-state index contributed by atoms with van der Waals surface area (Å²) >= 11 is 0. The number of Topliss-reactive ketones (excluding diaryl/α,β-unsaturated/α-hetero) is 1. The van der Waals surface area contributed by atoms with Crippen LogP contribution in [0, 0.1) is 5.92 Å². The summed E-state index contributed by atoms with van der Waals surface area (Å²) in [5.41, 5.74) is 0.00321. The first-order valence-electron chi connectivity index (χ1n) is 5.85. The number of ether oxygens (including phenoxy) is 2. The van der Waals surface area contributed by atoms with Gasteiger partial charge in [-0.25, -0.2) is 0 Å². The van der Waals surface area contributed by atoms with Crippen LogP contribution in [-0.2, 0) is 14.3 Å². The van der Waals surface area contributed by atoms with Crippen LogP contribution >= 0.6 is 0 Å². The summed E-state index contributed by atoms with van der Waals surface area (Å²) in [6, 6.07) is 0. The Morgan fingerprint density at radius 3 is 2.87 bits per heavy atom. The lowest BCUT2D eigenvalue weighted by molar-refractivity contribution is -0.133. The van der Waals surface area contributed by atoms with Crippen LogP contribution in [0.3, 0.4) is 0 Å². The average Bonchev–Trinajstić information content (AvgIpc) is 2.50. The number of rotatable bonds is 2. The van der Waals surface area contributed by atoms with Crippen LogP contribution in [0.25, 0.3) is 0 Å². The van der Waals surface area contributed by atoms with Crippen LogP contribution in [0.4, 0.5) is 0 Å². The third-order valence-electron chi connectivity index (χ3n) is 3.37. The van der Waals surface area contributed by atoms with Crippen LogP contribution < -0.4 is 0 Å². The Morgan fingerprint density at radius 2 is 2.27 bits per heavy atom. The van der Waals surface area contributed by atoms with Gasteiger partial charge >= 0.3 is 0 Å². The minimum atomic E-state index is 0.00321. The molecule has 2 saturated heterocycles. The molecule has 0 bridgehead atoms. The fraction of sp³-hybridized carbons (Fsp3) is 0.917. The molecule has 2 heterocycles. The lowest BCUT2D eigenvalue weighted by Gasteiger charge is -2.25. The van der Waals surface area contributed by atoms with Gasteiger partial charge in [-0.15, -0.1) is 0 Å². The van der Waals surface area contributed by atoms with E-state index in [1.165, 1.54) is 0 Å². The van der Waals surface area contributed by atoms with E-state index in [0.29, 0.717) is 25.4 Å². The van der Waals surface area contributed by atoms with Crippen molar-refractivity contribution in [3.63, 3.8) is 0 Å². The molecule has 2 fully saturated rings. The van der Waals surface area contributed by atoms with Crippen LogP contribution in [0.1, 0.15) is 39.5 Å². The molecule has 0 amide bonds. The second-order valence-corrected chi connectivity index (χ2v) is 5.26. The molecule has 0 N–H and O–H groups in total. The predicted molar refractivity (Wildman–Crippen MR) is 56.7 cm³/mol. The third kappa shape index (κ3) is 2.79. The Balaban J connectivity index is 1.84. The van der Waals surface area contributed by atoms with Crippen molar-refractivity contribution in [3.8, 4) is 0 Å². The maximum atomic E-state index is 11.6. The van der Waals surface area contributed by atoms with Gasteiger partial charge in [0.05, 0.1) is 24.9 Å². The minimum Gasteiger partial charge on any atom is -0.380 e. The van der Waals surface area contributed by atoms with Gasteiger partial charge in [0.25, 0.3) is 0 Å². The van der Waals surface area contributed by atoms with Crippen molar-refractivity contribution in [3.05, 3.63) is 0 Å². The van der Waals surface area contributed by atoms with Gasteiger partial charge < -0.3 is 9.47 Å². The van der Waals surface area contributed by atoms with E-state index in [1.54, 1.807) is 0 Å². The second kappa shape index (κ2) is 4.22. The van der Waals surface area contributed by atoms with Crippen molar-refractivity contribution >= 4 is 5.78 Å². The van der Waals surface area contributed by atoms with Crippen LogP contribution in [0.15, 0.2) is 0 Å². The lowest BCUT2D eigenvalue weighted by Crippen LogP contribution is -2.31. The Kier molecular flexibility index (Phi) is 3.12. The first kappa shape index (κ1) is 11.1. The molecule has 3 nitrogen and oxygen atoms in total. The van der Waals surface area contributed by atoms with Gasteiger partial charge in [0.2, 0.25) is 0 Å². The van der Waals surface area contributed by atoms with Crippen molar-refractivity contribution in [1.29, 1.82) is 0 Å². The molecule has 2 rings (SSSR count). The number of carbonyl (C=O) groups is 1. The normalized spacial score (nSPS) is 35.7. The van der Waals surface area contributed by atoms with E-state index in [1.807, 2.05) is 0 Å². The molecule has 3 heteroatoms. The van der Waals surface area contributed by atoms with E-state index in [0.717, 1.165) is 19.3 Å². The van der Waals surface area contributed by atoms with Gasteiger partial charge in [0.1, 0.15) is 5.78 Å². The highest BCUT2D eigenvalue weighted by atomic mass is 16.5. The van der Waals surface area contributed by atoms with E-state index < -0.39 is 0 Å². The van der Waals surface area contributed by atoms with Crippen molar-refractivity contribution in [2.75, 3.05) is 13.2 Å². The van der Waals surface area contributed by atoms with Gasteiger partial charge in [-0.3, -0.25) is 4.79 Å². The van der Waals surface area contributed by atoms with Crippen molar-refractivity contribution < 1.29 is 14.3 Å². The number of ketones is 1. The predicted octanol–water partition coefficient (Wildman–Crippen LogP) is 1.94. The first-order valence-corrected chi connectivity index (χ1v) is 5.85. The molecule has 15 heavy (non-hydrogen) atoms. The van der Waals surface area contributed by atoms with Crippen molar-refractivity contribution in [2.45, 2.75) is 51.2 Å². The first-order chi connectivity index (χ1) is 7.07. The van der Waals surface area contributed by atoms with E-state index in [2.05, 4.69) is 13.8 Å². The smallest absolute Gasteiger partial charge is 0.140 e. The zero-order valence-electron chi connectivity index (χ0n) is 9.62. The average molecular weight is 212 g/mol. The lowest BCUT2D eigenvalue weighted by atomic mass is 9.93. The summed E-state index contributed by atoms with van der Waals surface area (Å²) in [5, 5.41) is 0. The van der Waals surface area contributed by atoms with Crippen LogP contribution in [0.2, 0.25) is 0 Å². The van der Waals surface area contributed by atoms with E-state index >= 15 is 0 Å².